The number of pyridine rings is 1. The molecule has 5 nitrogen and oxygen atoms in total. The second-order valence-corrected chi connectivity index (χ2v) is 5.17. The van der Waals surface area contributed by atoms with Gasteiger partial charge in [0, 0.05) is 18.1 Å². The first-order valence-electron chi connectivity index (χ1n) is 6.48. The Labute approximate surface area is 118 Å². The molecule has 0 radical (unpaired) electrons. The van der Waals surface area contributed by atoms with Crippen molar-refractivity contribution < 1.29 is 4.79 Å². The van der Waals surface area contributed by atoms with Crippen LogP contribution in [0.1, 0.15) is 30.0 Å². The fourth-order valence-corrected chi connectivity index (χ4v) is 2.57. The Kier molecular flexibility index (Phi) is 7.47. The lowest BCUT2D eigenvalue weighted by atomic mass is 10.3. The molecule has 0 saturated carbocycles. The molecule has 1 rings (SSSR count). The van der Waals surface area contributed by atoms with Crippen LogP contribution in [0.5, 0.6) is 0 Å². The van der Waals surface area contributed by atoms with Crippen LogP contribution in [0, 0.1) is 0 Å². The zero-order valence-corrected chi connectivity index (χ0v) is 12.4. The van der Waals surface area contributed by atoms with Crippen LogP contribution in [0.25, 0.3) is 0 Å². The highest BCUT2D eigenvalue weighted by Gasteiger charge is 2.06. The van der Waals surface area contributed by atoms with Crippen LogP contribution in [0.2, 0.25) is 0 Å². The van der Waals surface area contributed by atoms with E-state index in [4.69, 9.17) is 5.84 Å². The molecule has 19 heavy (non-hydrogen) atoms. The smallest absolute Gasteiger partial charge is 0.283 e. The van der Waals surface area contributed by atoms with Gasteiger partial charge in [-0.15, -0.1) is 0 Å². The molecule has 0 aliphatic rings. The standard InChI is InChI=1S/C13H22N4OS/c1-3-17(4-2)8-9-19-10-11-6-5-7-12(15-11)13(18)16-14/h5-7H,3-4,8-10,14H2,1-2H3,(H,16,18). The molecule has 0 aliphatic heterocycles. The SMILES string of the molecule is CCN(CC)CCSCc1cccc(C(=O)NN)n1. The van der Waals surface area contributed by atoms with Gasteiger partial charge in [0.25, 0.3) is 5.91 Å². The van der Waals surface area contributed by atoms with Gasteiger partial charge in [0.1, 0.15) is 5.69 Å². The van der Waals surface area contributed by atoms with Gasteiger partial charge in [-0.1, -0.05) is 19.9 Å². The predicted octanol–water partition coefficient (Wildman–Crippen LogP) is 1.26. The number of nitrogens with one attached hydrogen (secondary N) is 1. The van der Waals surface area contributed by atoms with Crippen molar-refractivity contribution in [2.24, 2.45) is 5.84 Å². The Morgan fingerprint density at radius 1 is 1.42 bits per heavy atom. The van der Waals surface area contributed by atoms with E-state index in [1.807, 2.05) is 23.9 Å². The molecule has 3 N–H and O–H groups in total. The predicted molar refractivity (Wildman–Crippen MR) is 79.8 cm³/mol. The number of thioether (sulfide) groups is 1. The van der Waals surface area contributed by atoms with E-state index in [1.165, 1.54) is 0 Å². The molecular weight excluding hydrogens is 260 g/mol. The van der Waals surface area contributed by atoms with Gasteiger partial charge in [0.15, 0.2) is 0 Å². The van der Waals surface area contributed by atoms with Crippen molar-refractivity contribution in [2.75, 3.05) is 25.4 Å². The molecule has 106 valence electrons. The molecule has 1 amide bonds. The fraction of sp³-hybridized carbons (Fsp3) is 0.538. The molecule has 1 aromatic rings. The van der Waals surface area contributed by atoms with Gasteiger partial charge in [-0.25, -0.2) is 10.8 Å². The summed E-state index contributed by atoms with van der Waals surface area (Å²) in [6.45, 7) is 7.60. The minimum atomic E-state index is -0.352. The molecule has 0 aliphatic carbocycles. The van der Waals surface area contributed by atoms with Crippen molar-refractivity contribution in [2.45, 2.75) is 19.6 Å². The largest absolute Gasteiger partial charge is 0.303 e. The van der Waals surface area contributed by atoms with Crippen molar-refractivity contribution in [3.05, 3.63) is 29.6 Å². The molecule has 0 atom stereocenters. The molecule has 0 aromatic carbocycles. The summed E-state index contributed by atoms with van der Waals surface area (Å²) in [5.41, 5.74) is 3.36. The molecule has 0 fully saturated rings. The Morgan fingerprint density at radius 2 is 2.16 bits per heavy atom. The second kappa shape index (κ2) is 8.90. The van der Waals surface area contributed by atoms with Crippen LogP contribution in [0.4, 0.5) is 0 Å². The summed E-state index contributed by atoms with van der Waals surface area (Å²) >= 11 is 1.83. The van der Waals surface area contributed by atoms with Crippen LogP contribution in [-0.4, -0.2) is 41.2 Å². The summed E-state index contributed by atoms with van der Waals surface area (Å²) in [5.74, 6) is 6.62. The quantitative estimate of drug-likeness (QED) is 0.325. The number of aromatic nitrogens is 1. The van der Waals surface area contributed by atoms with E-state index in [9.17, 15) is 4.79 Å². The van der Waals surface area contributed by atoms with E-state index in [2.05, 4.69) is 29.2 Å². The zero-order chi connectivity index (χ0) is 14.1. The van der Waals surface area contributed by atoms with Crippen molar-refractivity contribution in [1.82, 2.24) is 15.3 Å². The highest BCUT2D eigenvalue weighted by molar-refractivity contribution is 7.98. The maximum absolute atomic E-state index is 11.4. The third kappa shape index (κ3) is 5.59. The maximum Gasteiger partial charge on any atom is 0.283 e. The fourth-order valence-electron chi connectivity index (χ4n) is 1.67. The van der Waals surface area contributed by atoms with Gasteiger partial charge in [-0.2, -0.15) is 11.8 Å². The van der Waals surface area contributed by atoms with E-state index in [-0.39, 0.29) is 5.91 Å². The van der Waals surface area contributed by atoms with Gasteiger partial charge < -0.3 is 4.90 Å². The Bertz CT molecular complexity index is 396. The van der Waals surface area contributed by atoms with Gasteiger partial charge in [0.2, 0.25) is 0 Å². The summed E-state index contributed by atoms with van der Waals surface area (Å²) in [6, 6.07) is 5.42. The number of nitrogen functional groups attached to an aromatic ring is 1. The van der Waals surface area contributed by atoms with Crippen molar-refractivity contribution in [1.29, 1.82) is 0 Å². The summed E-state index contributed by atoms with van der Waals surface area (Å²) in [5, 5.41) is 0. The number of rotatable bonds is 8. The lowest BCUT2D eigenvalue weighted by molar-refractivity contribution is 0.0948. The molecule has 0 bridgehead atoms. The maximum atomic E-state index is 11.4. The number of carbonyl (C=O) groups is 1. The van der Waals surface area contributed by atoms with E-state index >= 15 is 0 Å². The van der Waals surface area contributed by atoms with Gasteiger partial charge in [0.05, 0.1) is 5.69 Å². The monoisotopic (exact) mass is 282 g/mol. The minimum Gasteiger partial charge on any atom is -0.303 e. The summed E-state index contributed by atoms with van der Waals surface area (Å²) < 4.78 is 0. The first-order chi connectivity index (χ1) is 9.21. The lowest BCUT2D eigenvalue weighted by Gasteiger charge is -2.17. The second-order valence-electron chi connectivity index (χ2n) is 4.07. The number of nitrogens with zero attached hydrogens (tertiary/aromatic N) is 2. The third-order valence-corrected chi connectivity index (χ3v) is 3.84. The molecule has 1 aromatic heterocycles. The lowest BCUT2D eigenvalue weighted by Crippen LogP contribution is -2.30. The van der Waals surface area contributed by atoms with Crippen LogP contribution < -0.4 is 11.3 Å². The number of nitrogens with two attached hydrogens (primary N) is 1. The summed E-state index contributed by atoms with van der Waals surface area (Å²) in [6.07, 6.45) is 0. The zero-order valence-electron chi connectivity index (χ0n) is 11.6. The van der Waals surface area contributed by atoms with E-state index in [0.29, 0.717) is 5.69 Å². The van der Waals surface area contributed by atoms with E-state index < -0.39 is 0 Å². The van der Waals surface area contributed by atoms with Gasteiger partial charge in [-0.05, 0) is 25.2 Å². The number of hydrogen-bond donors (Lipinski definition) is 2. The third-order valence-electron chi connectivity index (χ3n) is 2.87. The van der Waals surface area contributed by atoms with Crippen molar-refractivity contribution >= 4 is 17.7 Å². The molecule has 0 saturated heterocycles. The van der Waals surface area contributed by atoms with Gasteiger partial charge >= 0.3 is 0 Å². The van der Waals surface area contributed by atoms with Crippen LogP contribution in [0.3, 0.4) is 0 Å². The van der Waals surface area contributed by atoms with Crippen LogP contribution in [-0.2, 0) is 5.75 Å². The Balaban J connectivity index is 2.39. The number of carbonyl (C=O) groups excluding carboxylic acids is 1. The van der Waals surface area contributed by atoms with Gasteiger partial charge in [-0.3, -0.25) is 10.2 Å². The van der Waals surface area contributed by atoms with Crippen LogP contribution in [0.15, 0.2) is 18.2 Å². The first kappa shape index (κ1) is 15.9. The molecular formula is C13H22N4OS. The first-order valence-corrected chi connectivity index (χ1v) is 7.63. The highest BCUT2D eigenvalue weighted by atomic mass is 32.2. The average Bonchev–Trinajstić information content (AvgIpc) is 2.47. The molecule has 0 spiro atoms. The Morgan fingerprint density at radius 3 is 2.79 bits per heavy atom. The average molecular weight is 282 g/mol. The molecule has 6 heteroatoms. The minimum absolute atomic E-state index is 0.352. The topological polar surface area (TPSA) is 71.2 Å². The molecule has 0 unspecified atom stereocenters. The molecule has 1 heterocycles. The normalized spacial score (nSPS) is 10.7. The Hall–Kier alpha value is -1.11. The van der Waals surface area contributed by atoms with Crippen molar-refractivity contribution in [3.8, 4) is 0 Å². The highest BCUT2D eigenvalue weighted by Crippen LogP contribution is 2.11. The van der Waals surface area contributed by atoms with Crippen LogP contribution >= 0.6 is 11.8 Å². The number of hydrazine groups is 1. The number of hydrogen-bond acceptors (Lipinski definition) is 5. The van der Waals surface area contributed by atoms with E-state index in [1.54, 1.807) is 6.07 Å². The van der Waals surface area contributed by atoms with Crippen molar-refractivity contribution in [3.63, 3.8) is 0 Å². The van der Waals surface area contributed by atoms with E-state index in [0.717, 1.165) is 36.8 Å². The summed E-state index contributed by atoms with van der Waals surface area (Å²) in [4.78, 5) is 18.0. The summed E-state index contributed by atoms with van der Waals surface area (Å²) in [7, 11) is 0. The number of amides is 1.